The Labute approximate surface area is 142 Å². The minimum atomic E-state index is -3.67. The van der Waals surface area contributed by atoms with Crippen molar-refractivity contribution in [3.63, 3.8) is 0 Å². The number of benzene rings is 1. The monoisotopic (exact) mass is 363 g/mol. The van der Waals surface area contributed by atoms with Crippen LogP contribution in [0.2, 0.25) is 0 Å². The molecule has 0 aliphatic carbocycles. The standard InChI is InChI=1S/C14H21N3O4S.ClH/c1-10-8-11(17(18)19)4-5-12(10)22(20,21)16-7-6-13(15)14(2,3)9-16;/h4-5,8,13H,6-7,9,15H2,1-3H3;1H. The third kappa shape index (κ3) is 3.82. The summed E-state index contributed by atoms with van der Waals surface area (Å²) >= 11 is 0. The summed E-state index contributed by atoms with van der Waals surface area (Å²) < 4.78 is 27.0. The highest BCUT2D eigenvalue weighted by Gasteiger charge is 2.39. The maximum atomic E-state index is 12.8. The van der Waals surface area contributed by atoms with Gasteiger partial charge in [-0.2, -0.15) is 4.31 Å². The predicted molar refractivity (Wildman–Crippen MR) is 90.2 cm³/mol. The molecule has 130 valence electrons. The lowest BCUT2D eigenvalue weighted by atomic mass is 9.81. The number of aryl methyl sites for hydroxylation is 1. The Morgan fingerprint density at radius 2 is 2.00 bits per heavy atom. The maximum absolute atomic E-state index is 12.8. The van der Waals surface area contributed by atoms with Crippen LogP contribution in [0.1, 0.15) is 25.8 Å². The van der Waals surface area contributed by atoms with E-state index in [1.54, 1.807) is 6.92 Å². The fourth-order valence-electron chi connectivity index (χ4n) is 2.71. The third-order valence-electron chi connectivity index (χ3n) is 4.26. The molecular weight excluding hydrogens is 342 g/mol. The molecular formula is C14H22ClN3O4S. The minimum Gasteiger partial charge on any atom is -0.327 e. The first-order valence-corrected chi connectivity index (χ1v) is 8.50. The minimum absolute atomic E-state index is 0. The molecule has 0 amide bonds. The van der Waals surface area contributed by atoms with Gasteiger partial charge in [-0.3, -0.25) is 10.1 Å². The van der Waals surface area contributed by atoms with Gasteiger partial charge in [-0.1, -0.05) is 13.8 Å². The molecule has 1 aliphatic heterocycles. The van der Waals surface area contributed by atoms with E-state index in [1.807, 2.05) is 13.8 Å². The fraction of sp³-hybridized carbons (Fsp3) is 0.571. The lowest BCUT2D eigenvalue weighted by Crippen LogP contribution is -2.53. The van der Waals surface area contributed by atoms with Crippen LogP contribution >= 0.6 is 12.4 Å². The van der Waals surface area contributed by atoms with Crippen LogP contribution in [-0.4, -0.2) is 36.8 Å². The van der Waals surface area contributed by atoms with Crippen LogP contribution < -0.4 is 5.73 Å². The highest BCUT2D eigenvalue weighted by atomic mass is 35.5. The Balaban J connectivity index is 0.00000264. The zero-order valence-corrected chi connectivity index (χ0v) is 15.0. The Morgan fingerprint density at radius 1 is 1.39 bits per heavy atom. The summed E-state index contributed by atoms with van der Waals surface area (Å²) in [5.41, 5.74) is 6.00. The lowest BCUT2D eigenvalue weighted by Gasteiger charge is -2.41. The van der Waals surface area contributed by atoms with Gasteiger partial charge in [0.1, 0.15) is 0 Å². The van der Waals surface area contributed by atoms with Crippen LogP contribution in [0.15, 0.2) is 23.1 Å². The van der Waals surface area contributed by atoms with Gasteiger partial charge in [-0.15, -0.1) is 12.4 Å². The quantitative estimate of drug-likeness (QED) is 0.653. The van der Waals surface area contributed by atoms with Crippen LogP contribution in [0.3, 0.4) is 0 Å². The largest absolute Gasteiger partial charge is 0.327 e. The number of nitro groups is 1. The van der Waals surface area contributed by atoms with E-state index in [4.69, 9.17) is 5.73 Å². The van der Waals surface area contributed by atoms with Gasteiger partial charge >= 0.3 is 0 Å². The molecule has 23 heavy (non-hydrogen) atoms. The Hall–Kier alpha value is -1.22. The molecule has 0 radical (unpaired) electrons. The lowest BCUT2D eigenvalue weighted by molar-refractivity contribution is -0.385. The number of hydrogen-bond acceptors (Lipinski definition) is 5. The number of piperidine rings is 1. The van der Waals surface area contributed by atoms with Crippen molar-refractivity contribution in [2.75, 3.05) is 13.1 Å². The van der Waals surface area contributed by atoms with Crippen molar-refractivity contribution in [1.29, 1.82) is 0 Å². The molecule has 0 spiro atoms. The van der Waals surface area contributed by atoms with Crippen LogP contribution in [0.25, 0.3) is 0 Å². The van der Waals surface area contributed by atoms with E-state index in [2.05, 4.69) is 0 Å². The molecule has 7 nitrogen and oxygen atoms in total. The molecule has 1 aliphatic rings. The first-order valence-electron chi connectivity index (χ1n) is 7.06. The summed E-state index contributed by atoms with van der Waals surface area (Å²) in [4.78, 5) is 10.3. The summed E-state index contributed by atoms with van der Waals surface area (Å²) in [6, 6.07) is 3.77. The van der Waals surface area contributed by atoms with Gasteiger partial charge in [-0.05, 0) is 30.4 Å². The molecule has 1 aromatic rings. The first-order chi connectivity index (χ1) is 10.1. The van der Waals surface area contributed by atoms with E-state index in [0.29, 0.717) is 25.1 Å². The molecule has 0 aromatic heterocycles. The van der Waals surface area contributed by atoms with Gasteiger partial charge in [0, 0.05) is 31.3 Å². The molecule has 1 fully saturated rings. The van der Waals surface area contributed by atoms with E-state index in [0.717, 1.165) is 0 Å². The molecule has 1 unspecified atom stereocenters. The first kappa shape index (κ1) is 19.8. The second-order valence-corrected chi connectivity index (χ2v) is 8.34. The van der Waals surface area contributed by atoms with Crippen LogP contribution in [0.5, 0.6) is 0 Å². The van der Waals surface area contributed by atoms with Gasteiger partial charge in [0.15, 0.2) is 0 Å². The van der Waals surface area contributed by atoms with E-state index >= 15 is 0 Å². The normalized spacial score (nSPS) is 21.5. The van der Waals surface area contributed by atoms with E-state index in [9.17, 15) is 18.5 Å². The summed E-state index contributed by atoms with van der Waals surface area (Å²) in [5.74, 6) is 0. The number of nitrogens with two attached hydrogens (primary N) is 1. The molecule has 9 heteroatoms. The molecule has 2 N–H and O–H groups in total. The molecule has 2 rings (SSSR count). The molecule has 0 saturated carbocycles. The summed E-state index contributed by atoms with van der Waals surface area (Å²) in [6.45, 7) is 6.17. The van der Waals surface area contributed by atoms with E-state index in [1.165, 1.54) is 22.5 Å². The van der Waals surface area contributed by atoms with Crippen LogP contribution in [0.4, 0.5) is 5.69 Å². The molecule has 1 atom stereocenters. The van der Waals surface area contributed by atoms with Crippen molar-refractivity contribution in [1.82, 2.24) is 4.31 Å². The van der Waals surface area contributed by atoms with Crippen LogP contribution in [0, 0.1) is 22.5 Å². The average Bonchev–Trinajstić information content (AvgIpc) is 2.41. The van der Waals surface area contributed by atoms with Gasteiger partial charge in [-0.25, -0.2) is 8.42 Å². The van der Waals surface area contributed by atoms with Gasteiger partial charge < -0.3 is 5.73 Å². The number of hydrogen-bond donors (Lipinski definition) is 1. The zero-order valence-electron chi connectivity index (χ0n) is 13.4. The molecule has 1 heterocycles. The SMILES string of the molecule is Cc1cc([N+](=O)[O-])ccc1S(=O)(=O)N1CCC(N)C(C)(C)C1.Cl. The number of halogens is 1. The van der Waals surface area contributed by atoms with E-state index in [-0.39, 0.29) is 34.4 Å². The molecule has 1 aromatic carbocycles. The van der Waals surface area contributed by atoms with E-state index < -0.39 is 14.9 Å². The topological polar surface area (TPSA) is 107 Å². The number of nitro benzene ring substituents is 1. The zero-order chi connectivity index (χ0) is 16.7. The third-order valence-corrected chi connectivity index (χ3v) is 6.27. The average molecular weight is 364 g/mol. The maximum Gasteiger partial charge on any atom is 0.269 e. The Bertz CT molecular complexity index is 706. The van der Waals surface area contributed by atoms with Crippen molar-refractivity contribution in [2.24, 2.45) is 11.1 Å². The second-order valence-electron chi connectivity index (χ2n) is 6.43. The van der Waals surface area contributed by atoms with Crippen molar-refractivity contribution >= 4 is 28.1 Å². The highest BCUT2D eigenvalue weighted by molar-refractivity contribution is 7.89. The molecule has 1 saturated heterocycles. The van der Waals surface area contributed by atoms with Gasteiger partial charge in [0.25, 0.3) is 5.69 Å². The Morgan fingerprint density at radius 3 is 2.48 bits per heavy atom. The second kappa shape index (κ2) is 6.72. The van der Waals surface area contributed by atoms with Crippen molar-refractivity contribution in [2.45, 2.75) is 38.1 Å². The summed E-state index contributed by atoms with van der Waals surface area (Å²) in [6.07, 6.45) is 0.595. The number of non-ortho nitro benzene ring substituents is 1. The summed E-state index contributed by atoms with van der Waals surface area (Å²) in [5, 5.41) is 10.8. The van der Waals surface area contributed by atoms with Crippen molar-refractivity contribution < 1.29 is 13.3 Å². The van der Waals surface area contributed by atoms with Crippen molar-refractivity contribution in [3.05, 3.63) is 33.9 Å². The van der Waals surface area contributed by atoms with Gasteiger partial charge in [0.2, 0.25) is 10.0 Å². The van der Waals surface area contributed by atoms with Crippen molar-refractivity contribution in [3.8, 4) is 0 Å². The highest BCUT2D eigenvalue weighted by Crippen LogP contribution is 2.32. The smallest absolute Gasteiger partial charge is 0.269 e. The number of sulfonamides is 1. The van der Waals surface area contributed by atoms with Crippen LogP contribution in [-0.2, 0) is 10.0 Å². The summed E-state index contributed by atoms with van der Waals surface area (Å²) in [7, 11) is -3.67. The molecule has 0 bridgehead atoms. The Kier molecular flexibility index (Phi) is 5.79. The number of rotatable bonds is 3. The fourth-order valence-corrected chi connectivity index (χ4v) is 4.54. The van der Waals surface area contributed by atoms with Gasteiger partial charge in [0.05, 0.1) is 9.82 Å². The number of nitrogens with zero attached hydrogens (tertiary/aromatic N) is 2. The predicted octanol–water partition coefficient (Wildman–Crippen LogP) is 2.07.